The molecule has 0 aliphatic carbocycles. The van der Waals surface area contributed by atoms with E-state index in [2.05, 4.69) is 38.5 Å². The van der Waals surface area contributed by atoms with Gasteiger partial charge in [0.15, 0.2) is 0 Å². The van der Waals surface area contributed by atoms with Crippen molar-refractivity contribution in [3.8, 4) is 0 Å². The molecule has 0 spiro atoms. The fourth-order valence-electron chi connectivity index (χ4n) is 2.46. The highest BCUT2D eigenvalue weighted by Crippen LogP contribution is 2.07. The largest absolute Gasteiger partial charge is 0.481 e. The van der Waals surface area contributed by atoms with Gasteiger partial charge in [-0.15, -0.1) is 0 Å². The molecule has 5 N–H and O–H groups in total. The molecule has 3 amide bonds. The molecule has 0 radical (unpaired) electrons. The molecule has 0 aliphatic heterocycles. The predicted octanol–water partition coefficient (Wildman–Crippen LogP) is 1.74. The zero-order chi connectivity index (χ0) is 21.6. The van der Waals surface area contributed by atoms with Crippen LogP contribution in [0.3, 0.4) is 0 Å². The molecule has 0 heterocycles. The minimum atomic E-state index is -1.14. The number of hydrogen-bond acceptors (Lipinski definition) is 4. The average molecular weight is 523 g/mol. The van der Waals surface area contributed by atoms with E-state index in [-0.39, 0.29) is 38.1 Å². The smallest absolute Gasteiger partial charge is 0.326 e. The fraction of sp³-hybridized carbons (Fsp3) is 0.474. The lowest BCUT2D eigenvalue weighted by molar-refractivity contribution is -0.139. The third-order valence-corrected chi connectivity index (χ3v) is 4.70. The summed E-state index contributed by atoms with van der Waals surface area (Å²) in [5, 5.41) is 25.3. The van der Waals surface area contributed by atoms with Crippen LogP contribution in [-0.2, 0) is 20.8 Å². The zero-order valence-corrected chi connectivity index (χ0v) is 18.1. The molecule has 9 nitrogen and oxygen atoms in total. The van der Waals surface area contributed by atoms with Crippen LogP contribution in [0.15, 0.2) is 24.3 Å². The number of carboxylic acid groups (broad SMARTS) is 2. The van der Waals surface area contributed by atoms with Crippen molar-refractivity contribution in [2.75, 3.05) is 13.1 Å². The van der Waals surface area contributed by atoms with E-state index in [1.165, 1.54) is 0 Å². The van der Waals surface area contributed by atoms with Crippen LogP contribution >= 0.6 is 22.6 Å². The molecule has 0 bridgehead atoms. The molecule has 29 heavy (non-hydrogen) atoms. The Labute approximate surface area is 182 Å². The van der Waals surface area contributed by atoms with Crippen molar-refractivity contribution in [3.05, 3.63) is 33.4 Å². The average Bonchev–Trinajstić information content (AvgIpc) is 2.65. The van der Waals surface area contributed by atoms with Gasteiger partial charge < -0.3 is 26.2 Å². The van der Waals surface area contributed by atoms with Gasteiger partial charge in [-0.25, -0.2) is 9.59 Å². The normalized spacial score (nSPS) is 11.3. The summed E-state index contributed by atoms with van der Waals surface area (Å²) in [7, 11) is 0. The Morgan fingerprint density at radius 1 is 0.931 bits per heavy atom. The lowest BCUT2D eigenvalue weighted by Gasteiger charge is -2.15. The molecule has 1 aromatic rings. The number of urea groups is 1. The highest BCUT2D eigenvalue weighted by atomic mass is 131. The van der Waals surface area contributed by atoms with Crippen LogP contribution in [0.1, 0.15) is 37.7 Å². The number of hydrogen-bond donors (Lipinski definition) is 5. The zero-order valence-electron chi connectivity index (χ0n) is 15.9. The van der Waals surface area contributed by atoms with E-state index >= 15 is 0 Å². The maximum Gasteiger partial charge on any atom is 0.326 e. The highest BCUT2D eigenvalue weighted by molar-refractivity contribution is 14.1. The highest BCUT2D eigenvalue weighted by Gasteiger charge is 2.19. The maximum absolute atomic E-state index is 11.9. The quantitative estimate of drug-likeness (QED) is 0.197. The molecule has 0 saturated carbocycles. The summed E-state index contributed by atoms with van der Waals surface area (Å²) in [6.45, 7) is 0.577. The van der Waals surface area contributed by atoms with Crippen molar-refractivity contribution in [1.82, 2.24) is 16.0 Å². The van der Waals surface area contributed by atoms with Gasteiger partial charge in [-0.2, -0.15) is 0 Å². The Morgan fingerprint density at radius 2 is 1.59 bits per heavy atom. The van der Waals surface area contributed by atoms with E-state index in [0.717, 1.165) is 9.13 Å². The molecule has 160 valence electrons. The Bertz CT molecular complexity index is 696. The van der Waals surface area contributed by atoms with Crippen LogP contribution in [0, 0.1) is 3.57 Å². The monoisotopic (exact) mass is 523 g/mol. The molecule has 0 aliphatic rings. The van der Waals surface area contributed by atoms with Gasteiger partial charge in [0, 0.05) is 23.1 Å². The molecule has 0 saturated heterocycles. The topological polar surface area (TPSA) is 145 Å². The van der Waals surface area contributed by atoms with Crippen LogP contribution in [0.2, 0.25) is 0 Å². The molecular formula is C19H26IN3O6. The predicted molar refractivity (Wildman–Crippen MR) is 115 cm³/mol. The first-order chi connectivity index (χ1) is 13.8. The van der Waals surface area contributed by atoms with Gasteiger partial charge in [0.2, 0.25) is 5.91 Å². The number of amides is 3. The minimum absolute atomic E-state index is 0.0715. The lowest BCUT2D eigenvalue weighted by atomic mass is 10.1. The Morgan fingerprint density at radius 3 is 2.21 bits per heavy atom. The number of rotatable bonds is 13. The molecule has 10 heteroatoms. The van der Waals surface area contributed by atoms with Crippen molar-refractivity contribution in [2.45, 2.75) is 44.6 Å². The third kappa shape index (κ3) is 11.9. The van der Waals surface area contributed by atoms with Gasteiger partial charge in [-0.1, -0.05) is 12.1 Å². The molecular weight excluding hydrogens is 497 g/mol. The first-order valence-corrected chi connectivity index (χ1v) is 10.4. The number of benzene rings is 1. The van der Waals surface area contributed by atoms with Crippen LogP contribution in [0.5, 0.6) is 0 Å². The summed E-state index contributed by atoms with van der Waals surface area (Å²) in [6, 6.07) is 5.98. The first-order valence-electron chi connectivity index (χ1n) is 9.28. The second-order valence-corrected chi connectivity index (χ2v) is 7.68. The van der Waals surface area contributed by atoms with Gasteiger partial charge in [0.05, 0.1) is 6.42 Å². The summed E-state index contributed by atoms with van der Waals surface area (Å²) in [5.41, 5.74) is 0.924. The van der Waals surface area contributed by atoms with Gasteiger partial charge in [-0.05, 0) is 66.0 Å². The lowest BCUT2D eigenvalue weighted by Crippen LogP contribution is -2.46. The van der Waals surface area contributed by atoms with Gasteiger partial charge in [0.25, 0.3) is 0 Å². The van der Waals surface area contributed by atoms with Crippen molar-refractivity contribution >= 4 is 46.5 Å². The summed E-state index contributed by atoms with van der Waals surface area (Å²) >= 11 is 2.20. The molecule has 1 aromatic carbocycles. The number of carbonyl (C=O) groups excluding carboxylic acids is 2. The van der Waals surface area contributed by atoms with E-state index < -0.39 is 24.0 Å². The van der Waals surface area contributed by atoms with E-state index in [4.69, 9.17) is 5.11 Å². The van der Waals surface area contributed by atoms with E-state index in [9.17, 15) is 24.3 Å². The number of halogens is 1. The second-order valence-electron chi connectivity index (χ2n) is 6.44. The van der Waals surface area contributed by atoms with Crippen LogP contribution < -0.4 is 16.0 Å². The fourth-order valence-corrected chi connectivity index (χ4v) is 2.82. The molecule has 0 fully saturated rings. The molecule has 0 aromatic heterocycles. The van der Waals surface area contributed by atoms with Crippen LogP contribution in [0.4, 0.5) is 4.79 Å². The van der Waals surface area contributed by atoms with Crippen molar-refractivity contribution in [2.24, 2.45) is 0 Å². The first kappa shape index (κ1) is 24.7. The summed E-state index contributed by atoms with van der Waals surface area (Å²) in [6.07, 6.45) is 1.81. The summed E-state index contributed by atoms with van der Waals surface area (Å²) in [4.78, 5) is 45.2. The number of carbonyl (C=O) groups is 4. The molecule has 1 atom stereocenters. The number of aliphatic carboxylic acids is 2. The van der Waals surface area contributed by atoms with Crippen LogP contribution in [0.25, 0.3) is 0 Å². The Balaban J connectivity index is 2.21. The van der Waals surface area contributed by atoms with E-state index in [1.807, 2.05) is 24.3 Å². The van der Waals surface area contributed by atoms with Gasteiger partial charge >= 0.3 is 18.0 Å². The van der Waals surface area contributed by atoms with Crippen molar-refractivity contribution < 1.29 is 29.4 Å². The Hall–Kier alpha value is -2.37. The van der Waals surface area contributed by atoms with Gasteiger partial charge in [-0.3, -0.25) is 9.59 Å². The maximum atomic E-state index is 11.9. The summed E-state index contributed by atoms with van der Waals surface area (Å²) < 4.78 is 1.10. The molecule has 1 unspecified atom stereocenters. The SMILES string of the molecule is O=C(O)CCCNC(=O)NC(CCCCNC(=O)Cc1ccc([131I])cc1)C(=O)O. The standard InChI is InChI=1S/C19H26IN3O6/c20-14-8-6-13(7-9-14)12-16(24)21-10-2-1-4-15(18(27)28)23-19(29)22-11-3-5-17(25)26/h6-9,15H,1-5,10-12H2,(H,21,24)(H,25,26)(H,27,28)(H2,22,23,29)/i20+4. The van der Waals surface area contributed by atoms with Crippen molar-refractivity contribution in [3.63, 3.8) is 0 Å². The van der Waals surface area contributed by atoms with E-state index in [0.29, 0.717) is 19.4 Å². The second kappa shape index (κ2) is 13.7. The van der Waals surface area contributed by atoms with Crippen molar-refractivity contribution in [1.29, 1.82) is 0 Å². The van der Waals surface area contributed by atoms with Crippen LogP contribution in [-0.4, -0.2) is 53.2 Å². The third-order valence-electron chi connectivity index (χ3n) is 3.98. The number of unbranched alkanes of at least 4 members (excludes halogenated alkanes) is 1. The number of carboxylic acids is 2. The Kier molecular flexibility index (Phi) is 11.7. The number of nitrogens with one attached hydrogen (secondary N) is 3. The molecule has 1 rings (SSSR count). The summed E-state index contributed by atoms with van der Waals surface area (Å²) in [5.74, 6) is -2.20. The van der Waals surface area contributed by atoms with Gasteiger partial charge in [0.1, 0.15) is 6.04 Å². The van der Waals surface area contributed by atoms with E-state index in [1.54, 1.807) is 0 Å². The minimum Gasteiger partial charge on any atom is -0.481 e.